The van der Waals surface area contributed by atoms with Gasteiger partial charge in [0.2, 0.25) is 0 Å². The molecule has 0 saturated carbocycles. The van der Waals surface area contributed by atoms with Gasteiger partial charge in [0.25, 0.3) is 11.8 Å². The Balaban J connectivity index is 2.16. The second-order valence-electron chi connectivity index (χ2n) is 4.94. The highest BCUT2D eigenvalue weighted by Gasteiger charge is 2.19. The van der Waals surface area contributed by atoms with E-state index >= 15 is 0 Å². The van der Waals surface area contributed by atoms with Crippen molar-refractivity contribution in [2.75, 3.05) is 39.8 Å². The zero-order valence-corrected chi connectivity index (χ0v) is 12.1. The average Bonchev–Trinajstić information content (AvgIpc) is 2.53. The summed E-state index contributed by atoms with van der Waals surface area (Å²) in [6.45, 7) is 5.64. The molecule has 2 amide bonds. The van der Waals surface area contributed by atoms with Crippen molar-refractivity contribution in [3.05, 3.63) is 35.4 Å². The fraction of sp³-hybridized carbons (Fsp3) is 0.467. The Morgan fingerprint density at radius 2 is 1.90 bits per heavy atom. The number of hydrogen-bond acceptors (Lipinski definition) is 3. The second kappa shape index (κ2) is 6.52. The van der Waals surface area contributed by atoms with Gasteiger partial charge in [-0.15, -0.1) is 0 Å². The molecule has 1 aromatic carbocycles. The van der Waals surface area contributed by atoms with E-state index in [9.17, 15) is 9.59 Å². The van der Waals surface area contributed by atoms with E-state index in [1.54, 1.807) is 36.2 Å². The van der Waals surface area contributed by atoms with Crippen LogP contribution in [0.1, 0.15) is 27.6 Å². The summed E-state index contributed by atoms with van der Waals surface area (Å²) in [6, 6.07) is 6.99. The minimum atomic E-state index is -0.0533. The van der Waals surface area contributed by atoms with Gasteiger partial charge in [0.05, 0.1) is 0 Å². The van der Waals surface area contributed by atoms with Crippen molar-refractivity contribution in [3.63, 3.8) is 0 Å². The Hall–Kier alpha value is -1.88. The van der Waals surface area contributed by atoms with E-state index in [2.05, 4.69) is 5.32 Å². The third-order valence-corrected chi connectivity index (χ3v) is 3.58. The van der Waals surface area contributed by atoms with Crippen LogP contribution < -0.4 is 5.32 Å². The van der Waals surface area contributed by atoms with Crippen LogP contribution in [0, 0.1) is 0 Å². The summed E-state index contributed by atoms with van der Waals surface area (Å²) in [6.07, 6.45) is 0. The summed E-state index contributed by atoms with van der Waals surface area (Å²) in [7, 11) is 1.76. The number of hydrogen-bond donors (Lipinski definition) is 1. The van der Waals surface area contributed by atoms with Gasteiger partial charge in [-0.1, -0.05) is 6.07 Å². The number of piperazine rings is 1. The smallest absolute Gasteiger partial charge is 0.253 e. The van der Waals surface area contributed by atoms with Crippen molar-refractivity contribution in [3.8, 4) is 0 Å². The highest BCUT2D eigenvalue weighted by atomic mass is 16.2. The van der Waals surface area contributed by atoms with Crippen LogP contribution in [0.3, 0.4) is 0 Å². The normalized spacial score (nSPS) is 15.0. The number of nitrogens with one attached hydrogen (secondary N) is 1. The molecule has 20 heavy (non-hydrogen) atoms. The van der Waals surface area contributed by atoms with Crippen molar-refractivity contribution >= 4 is 11.8 Å². The van der Waals surface area contributed by atoms with Crippen molar-refractivity contribution in [2.45, 2.75) is 6.92 Å². The van der Waals surface area contributed by atoms with Crippen LogP contribution >= 0.6 is 0 Å². The van der Waals surface area contributed by atoms with E-state index in [1.807, 2.05) is 11.8 Å². The summed E-state index contributed by atoms with van der Waals surface area (Å²) in [5.41, 5.74) is 1.15. The maximum Gasteiger partial charge on any atom is 0.253 e. The van der Waals surface area contributed by atoms with Gasteiger partial charge in [-0.3, -0.25) is 9.59 Å². The van der Waals surface area contributed by atoms with Crippen molar-refractivity contribution in [1.29, 1.82) is 0 Å². The molecule has 1 aliphatic rings. The Labute approximate surface area is 119 Å². The van der Waals surface area contributed by atoms with E-state index < -0.39 is 0 Å². The lowest BCUT2D eigenvalue weighted by molar-refractivity contribution is 0.0736. The zero-order chi connectivity index (χ0) is 14.5. The lowest BCUT2D eigenvalue weighted by atomic mass is 10.1. The lowest BCUT2D eigenvalue weighted by Gasteiger charge is -2.27. The molecule has 1 aromatic rings. The van der Waals surface area contributed by atoms with Crippen LogP contribution in [0.15, 0.2) is 24.3 Å². The standard InChI is InChI=1S/C15H21N3O2/c1-3-17(2)14(19)12-5-4-6-13(11-12)15(20)18-9-7-16-8-10-18/h4-6,11,16H,3,7-10H2,1-2H3. The Morgan fingerprint density at radius 3 is 2.55 bits per heavy atom. The third-order valence-electron chi connectivity index (χ3n) is 3.58. The van der Waals surface area contributed by atoms with Gasteiger partial charge < -0.3 is 15.1 Å². The van der Waals surface area contributed by atoms with Crippen LogP contribution in [-0.4, -0.2) is 61.4 Å². The quantitative estimate of drug-likeness (QED) is 0.889. The lowest BCUT2D eigenvalue weighted by Crippen LogP contribution is -2.46. The molecule has 1 aliphatic heterocycles. The van der Waals surface area contributed by atoms with Crippen molar-refractivity contribution < 1.29 is 9.59 Å². The summed E-state index contributed by atoms with van der Waals surface area (Å²) >= 11 is 0. The molecule has 0 aliphatic carbocycles. The molecular weight excluding hydrogens is 254 g/mol. The molecule has 108 valence electrons. The minimum absolute atomic E-state index is 0.000279. The molecule has 0 atom stereocenters. The Bertz CT molecular complexity index is 496. The topological polar surface area (TPSA) is 52.7 Å². The molecule has 0 bridgehead atoms. The first-order valence-corrected chi connectivity index (χ1v) is 6.99. The van der Waals surface area contributed by atoms with Gasteiger partial charge in [0.15, 0.2) is 0 Å². The third kappa shape index (κ3) is 3.17. The number of carbonyl (C=O) groups excluding carboxylic acids is 2. The summed E-state index contributed by atoms with van der Waals surface area (Å²) < 4.78 is 0. The maximum atomic E-state index is 12.4. The average molecular weight is 275 g/mol. The predicted octanol–water partition coefficient (Wildman–Crippen LogP) is 0.824. The molecule has 1 heterocycles. The monoisotopic (exact) mass is 275 g/mol. The summed E-state index contributed by atoms with van der Waals surface area (Å²) in [5.74, 6) is -0.0530. The Morgan fingerprint density at radius 1 is 1.25 bits per heavy atom. The van der Waals surface area contributed by atoms with Gasteiger partial charge in [0, 0.05) is 50.9 Å². The molecule has 2 rings (SSSR count). The predicted molar refractivity (Wildman–Crippen MR) is 77.8 cm³/mol. The van der Waals surface area contributed by atoms with Gasteiger partial charge in [-0.25, -0.2) is 0 Å². The number of benzene rings is 1. The summed E-state index contributed by atoms with van der Waals surface area (Å²) in [4.78, 5) is 28.0. The first-order valence-electron chi connectivity index (χ1n) is 6.99. The first-order chi connectivity index (χ1) is 9.63. The fourth-order valence-electron chi connectivity index (χ4n) is 2.20. The fourth-order valence-corrected chi connectivity index (χ4v) is 2.20. The first kappa shape index (κ1) is 14.5. The van der Waals surface area contributed by atoms with E-state index in [-0.39, 0.29) is 11.8 Å². The van der Waals surface area contributed by atoms with E-state index in [0.717, 1.165) is 13.1 Å². The zero-order valence-electron chi connectivity index (χ0n) is 12.1. The molecule has 0 spiro atoms. The van der Waals surface area contributed by atoms with Crippen LogP contribution in [0.4, 0.5) is 0 Å². The van der Waals surface area contributed by atoms with Crippen LogP contribution in [0.2, 0.25) is 0 Å². The minimum Gasteiger partial charge on any atom is -0.342 e. The van der Waals surface area contributed by atoms with Crippen molar-refractivity contribution in [2.24, 2.45) is 0 Å². The van der Waals surface area contributed by atoms with Gasteiger partial charge in [-0.2, -0.15) is 0 Å². The summed E-state index contributed by atoms with van der Waals surface area (Å²) in [5, 5.41) is 3.22. The van der Waals surface area contributed by atoms with Gasteiger partial charge in [0.1, 0.15) is 0 Å². The van der Waals surface area contributed by atoms with Crippen molar-refractivity contribution in [1.82, 2.24) is 15.1 Å². The molecule has 5 nitrogen and oxygen atoms in total. The highest BCUT2D eigenvalue weighted by molar-refractivity contribution is 5.99. The number of rotatable bonds is 3. The molecule has 0 radical (unpaired) electrons. The molecular formula is C15H21N3O2. The van der Waals surface area contributed by atoms with Crippen LogP contribution in [0.25, 0.3) is 0 Å². The van der Waals surface area contributed by atoms with Gasteiger partial charge >= 0.3 is 0 Å². The van der Waals surface area contributed by atoms with E-state index in [4.69, 9.17) is 0 Å². The highest BCUT2D eigenvalue weighted by Crippen LogP contribution is 2.11. The molecule has 1 fully saturated rings. The van der Waals surface area contributed by atoms with Crippen LogP contribution in [-0.2, 0) is 0 Å². The van der Waals surface area contributed by atoms with Gasteiger partial charge in [-0.05, 0) is 25.1 Å². The van der Waals surface area contributed by atoms with E-state index in [1.165, 1.54) is 0 Å². The number of nitrogens with zero attached hydrogens (tertiary/aromatic N) is 2. The second-order valence-corrected chi connectivity index (χ2v) is 4.94. The molecule has 1 saturated heterocycles. The molecule has 0 aromatic heterocycles. The maximum absolute atomic E-state index is 12.4. The molecule has 5 heteroatoms. The number of carbonyl (C=O) groups is 2. The molecule has 1 N–H and O–H groups in total. The molecule has 0 unspecified atom stereocenters. The number of amides is 2. The SMILES string of the molecule is CCN(C)C(=O)c1cccc(C(=O)N2CCNCC2)c1. The van der Waals surface area contributed by atoms with Crippen LogP contribution in [0.5, 0.6) is 0 Å². The Kier molecular flexibility index (Phi) is 4.74. The van der Waals surface area contributed by atoms with E-state index in [0.29, 0.717) is 30.8 Å². The largest absolute Gasteiger partial charge is 0.342 e.